The van der Waals surface area contributed by atoms with Gasteiger partial charge in [0.25, 0.3) is 0 Å². The van der Waals surface area contributed by atoms with E-state index < -0.39 is 0 Å². The third-order valence-electron chi connectivity index (χ3n) is 2.16. The monoisotopic (exact) mass is 256 g/mol. The van der Waals surface area contributed by atoms with Gasteiger partial charge < -0.3 is 10.6 Å². The summed E-state index contributed by atoms with van der Waals surface area (Å²) in [5.41, 5.74) is 0.615. The number of thioether (sulfide) groups is 1. The minimum Gasteiger partial charge on any atom is -0.356 e. The normalized spacial score (nSPS) is 10.3. The van der Waals surface area contributed by atoms with Crippen LogP contribution in [0.3, 0.4) is 0 Å². The van der Waals surface area contributed by atoms with E-state index in [0.717, 1.165) is 4.90 Å². The van der Waals surface area contributed by atoms with Crippen LogP contribution in [0.15, 0.2) is 23.1 Å². The van der Waals surface area contributed by atoms with Crippen LogP contribution in [-0.4, -0.2) is 25.3 Å². The number of halogens is 1. The van der Waals surface area contributed by atoms with Crippen molar-refractivity contribution in [2.45, 2.75) is 18.4 Å². The quantitative estimate of drug-likeness (QED) is 0.762. The first-order valence-corrected chi connectivity index (χ1v) is 6.49. The minimum atomic E-state index is -0.236. The van der Waals surface area contributed by atoms with E-state index in [0.29, 0.717) is 24.4 Å². The van der Waals surface area contributed by atoms with E-state index in [4.69, 9.17) is 0 Å². The maximum absolute atomic E-state index is 13.6. The Kier molecular flexibility index (Phi) is 6.00. The zero-order valence-corrected chi connectivity index (χ0v) is 10.9. The second-order valence-electron chi connectivity index (χ2n) is 3.49. The van der Waals surface area contributed by atoms with Gasteiger partial charge in [-0.15, -0.1) is 11.8 Å². The number of hydrogen-bond acceptors (Lipinski definition) is 3. The van der Waals surface area contributed by atoms with E-state index in [1.807, 2.05) is 13.0 Å². The van der Waals surface area contributed by atoms with Crippen LogP contribution in [0.25, 0.3) is 0 Å². The molecule has 2 N–H and O–H groups in total. The average molecular weight is 256 g/mol. The van der Waals surface area contributed by atoms with Gasteiger partial charge in [-0.3, -0.25) is 4.79 Å². The summed E-state index contributed by atoms with van der Waals surface area (Å²) in [6.45, 7) is 2.95. The first-order chi connectivity index (χ1) is 8.19. The summed E-state index contributed by atoms with van der Waals surface area (Å²) in [4.78, 5) is 12.1. The Labute approximate surface area is 105 Å². The van der Waals surface area contributed by atoms with E-state index in [2.05, 4.69) is 10.6 Å². The van der Waals surface area contributed by atoms with Crippen LogP contribution >= 0.6 is 11.8 Å². The van der Waals surface area contributed by atoms with Crippen LogP contribution in [0.2, 0.25) is 0 Å². The Morgan fingerprint density at radius 2 is 2.24 bits per heavy atom. The summed E-state index contributed by atoms with van der Waals surface area (Å²) in [6.07, 6.45) is 0. The lowest BCUT2D eigenvalue weighted by atomic mass is 10.2. The van der Waals surface area contributed by atoms with Gasteiger partial charge in [-0.2, -0.15) is 0 Å². The van der Waals surface area contributed by atoms with Gasteiger partial charge >= 0.3 is 0 Å². The van der Waals surface area contributed by atoms with Gasteiger partial charge in [-0.05, 0) is 26.1 Å². The molecule has 5 heteroatoms. The number of carbonyl (C=O) groups is 1. The largest absolute Gasteiger partial charge is 0.356 e. The van der Waals surface area contributed by atoms with E-state index >= 15 is 0 Å². The molecule has 0 saturated carbocycles. The van der Waals surface area contributed by atoms with E-state index in [1.165, 1.54) is 17.8 Å². The fourth-order valence-corrected chi connectivity index (χ4v) is 2.32. The molecule has 0 atom stereocenters. The summed E-state index contributed by atoms with van der Waals surface area (Å²) in [7, 11) is 1.77. The lowest BCUT2D eigenvalue weighted by molar-refractivity contribution is -0.118. The molecule has 1 aromatic carbocycles. The molecule has 94 valence electrons. The van der Waals surface area contributed by atoms with Gasteiger partial charge in [0.05, 0.1) is 5.75 Å². The Morgan fingerprint density at radius 1 is 1.47 bits per heavy atom. The van der Waals surface area contributed by atoms with Gasteiger partial charge in [-0.25, -0.2) is 4.39 Å². The smallest absolute Gasteiger partial charge is 0.230 e. The molecule has 0 heterocycles. The van der Waals surface area contributed by atoms with Gasteiger partial charge in [0.2, 0.25) is 5.91 Å². The van der Waals surface area contributed by atoms with Crippen molar-refractivity contribution in [3.63, 3.8) is 0 Å². The third kappa shape index (κ3) is 4.36. The minimum absolute atomic E-state index is 0.0304. The first kappa shape index (κ1) is 14.0. The number of nitrogens with one attached hydrogen (secondary N) is 2. The second-order valence-corrected chi connectivity index (χ2v) is 4.51. The second kappa shape index (κ2) is 7.29. The van der Waals surface area contributed by atoms with E-state index in [-0.39, 0.29) is 11.7 Å². The van der Waals surface area contributed by atoms with Crippen molar-refractivity contribution in [3.8, 4) is 0 Å². The number of carbonyl (C=O) groups excluding carboxylic acids is 1. The molecule has 17 heavy (non-hydrogen) atoms. The summed E-state index contributed by atoms with van der Waals surface area (Å²) in [5.74, 6) is 0.0472. The van der Waals surface area contributed by atoms with Crippen molar-refractivity contribution in [1.82, 2.24) is 10.6 Å². The van der Waals surface area contributed by atoms with Gasteiger partial charge in [0.15, 0.2) is 0 Å². The van der Waals surface area contributed by atoms with Crippen molar-refractivity contribution < 1.29 is 9.18 Å². The number of amides is 1. The summed E-state index contributed by atoms with van der Waals surface area (Å²) < 4.78 is 13.6. The topological polar surface area (TPSA) is 41.1 Å². The highest BCUT2D eigenvalue weighted by atomic mass is 32.2. The van der Waals surface area contributed by atoms with E-state index in [1.54, 1.807) is 13.1 Å². The zero-order valence-electron chi connectivity index (χ0n) is 10.0. The van der Waals surface area contributed by atoms with Crippen LogP contribution in [0.4, 0.5) is 4.39 Å². The molecule has 0 spiro atoms. The van der Waals surface area contributed by atoms with Gasteiger partial charge in [0.1, 0.15) is 5.82 Å². The van der Waals surface area contributed by atoms with Gasteiger partial charge in [0, 0.05) is 23.5 Å². The highest BCUT2D eigenvalue weighted by molar-refractivity contribution is 8.00. The fraction of sp³-hybridized carbons (Fsp3) is 0.417. The maximum Gasteiger partial charge on any atom is 0.230 e. The van der Waals surface area contributed by atoms with E-state index in [9.17, 15) is 9.18 Å². The van der Waals surface area contributed by atoms with Crippen molar-refractivity contribution in [2.75, 3.05) is 19.3 Å². The molecule has 0 aliphatic heterocycles. The van der Waals surface area contributed by atoms with Crippen LogP contribution in [-0.2, 0) is 11.3 Å². The molecule has 0 radical (unpaired) electrons. The predicted molar refractivity (Wildman–Crippen MR) is 68.6 cm³/mol. The maximum atomic E-state index is 13.6. The molecule has 0 fully saturated rings. The van der Waals surface area contributed by atoms with Crippen LogP contribution in [0.1, 0.15) is 12.5 Å². The molecule has 1 amide bonds. The Hall–Kier alpha value is -1.07. The van der Waals surface area contributed by atoms with Crippen molar-refractivity contribution in [2.24, 2.45) is 0 Å². The lowest BCUT2D eigenvalue weighted by Gasteiger charge is -2.09. The number of rotatable bonds is 6. The van der Waals surface area contributed by atoms with Crippen molar-refractivity contribution in [3.05, 3.63) is 29.6 Å². The van der Waals surface area contributed by atoms with Crippen molar-refractivity contribution >= 4 is 17.7 Å². The molecular formula is C12H17FN2OS. The highest BCUT2D eigenvalue weighted by Crippen LogP contribution is 2.24. The van der Waals surface area contributed by atoms with Crippen LogP contribution in [0, 0.1) is 5.82 Å². The molecule has 0 bridgehead atoms. The molecule has 0 saturated heterocycles. The Morgan fingerprint density at radius 3 is 2.88 bits per heavy atom. The molecule has 1 aromatic rings. The SMILES string of the molecule is CCNC(=O)CSc1cccc(F)c1CNC. The third-order valence-corrected chi connectivity index (χ3v) is 3.26. The molecule has 0 aromatic heterocycles. The Bertz CT molecular complexity index is 385. The standard InChI is InChI=1S/C12H17FN2OS/c1-3-15-12(16)8-17-11-6-4-5-10(13)9(11)7-14-2/h4-6,14H,3,7-8H2,1-2H3,(H,15,16). The summed E-state index contributed by atoms with van der Waals surface area (Å²) in [6, 6.07) is 4.93. The Balaban J connectivity index is 2.69. The van der Waals surface area contributed by atoms with Crippen molar-refractivity contribution in [1.29, 1.82) is 0 Å². The van der Waals surface area contributed by atoms with Crippen LogP contribution < -0.4 is 10.6 Å². The molecule has 0 aliphatic carbocycles. The summed E-state index contributed by atoms with van der Waals surface area (Å²) >= 11 is 1.36. The number of benzene rings is 1. The van der Waals surface area contributed by atoms with Gasteiger partial charge in [-0.1, -0.05) is 6.07 Å². The van der Waals surface area contributed by atoms with Crippen LogP contribution in [0.5, 0.6) is 0 Å². The average Bonchev–Trinajstić information content (AvgIpc) is 2.30. The first-order valence-electron chi connectivity index (χ1n) is 5.50. The lowest BCUT2D eigenvalue weighted by Crippen LogP contribution is -2.24. The summed E-state index contributed by atoms with van der Waals surface area (Å²) in [5, 5.41) is 5.64. The predicted octanol–water partition coefficient (Wildman–Crippen LogP) is 1.77. The molecular weight excluding hydrogens is 239 g/mol. The molecule has 0 aliphatic rings. The zero-order chi connectivity index (χ0) is 12.7. The molecule has 0 unspecified atom stereocenters. The fourth-order valence-electron chi connectivity index (χ4n) is 1.41. The highest BCUT2D eigenvalue weighted by Gasteiger charge is 2.09. The number of hydrogen-bond donors (Lipinski definition) is 2. The molecule has 3 nitrogen and oxygen atoms in total. The molecule has 1 rings (SSSR count).